The number of nitrogens with one attached hydrogen (secondary N) is 1. The van der Waals surface area contributed by atoms with Gasteiger partial charge in [-0.15, -0.1) is 0 Å². The van der Waals surface area contributed by atoms with Crippen molar-refractivity contribution in [2.24, 2.45) is 0 Å². The summed E-state index contributed by atoms with van der Waals surface area (Å²) in [6.07, 6.45) is 1.58. The Hall–Kier alpha value is -3.56. The van der Waals surface area contributed by atoms with Crippen molar-refractivity contribution < 1.29 is 19.1 Å². The summed E-state index contributed by atoms with van der Waals surface area (Å²) in [5, 5.41) is 14.6. The van der Waals surface area contributed by atoms with Crippen LogP contribution in [-0.2, 0) is 0 Å². The van der Waals surface area contributed by atoms with Crippen molar-refractivity contribution in [3.63, 3.8) is 0 Å². The SMILES string of the molecule is C=c1[nH]n(-c2ccc(Cl)c(C(=O)[O-])c2)c(=O)/c1=C\c1cc(OC)c2oc(=O)sc2c1. The second-order valence-electron chi connectivity index (χ2n) is 6.25. The van der Waals surface area contributed by atoms with Crippen LogP contribution in [0, 0.1) is 0 Å². The van der Waals surface area contributed by atoms with Gasteiger partial charge in [0.1, 0.15) is 0 Å². The van der Waals surface area contributed by atoms with Crippen LogP contribution in [0.3, 0.4) is 0 Å². The molecule has 2 aromatic heterocycles. The van der Waals surface area contributed by atoms with E-state index in [1.54, 1.807) is 18.2 Å². The summed E-state index contributed by atoms with van der Waals surface area (Å²) < 4.78 is 12.1. The molecule has 2 heterocycles. The fourth-order valence-electron chi connectivity index (χ4n) is 3.00. The molecule has 0 aliphatic rings. The summed E-state index contributed by atoms with van der Waals surface area (Å²) in [7, 11) is 1.45. The number of methoxy groups -OCH3 is 1. The number of rotatable bonds is 4. The molecule has 4 rings (SSSR count). The minimum Gasteiger partial charge on any atom is -0.545 e. The highest BCUT2D eigenvalue weighted by Crippen LogP contribution is 2.29. The first kappa shape index (κ1) is 19.7. The molecule has 10 heteroatoms. The molecule has 0 saturated heterocycles. The Bertz CT molecular complexity index is 1540. The Balaban J connectivity index is 1.91. The van der Waals surface area contributed by atoms with E-state index in [1.807, 2.05) is 0 Å². The zero-order chi connectivity index (χ0) is 21.6. The van der Waals surface area contributed by atoms with Crippen molar-refractivity contribution in [2.75, 3.05) is 7.11 Å². The fourth-order valence-corrected chi connectivity index (χ4v) is 3.93. The van der Waals surface area contributed by atoms with Gasteiger partial charge in [-0.25, -0.2) is 9.48 Å². The van der Waals surface area contributed by atoms with Crippen LogP contribution in [0.5, 0.6) is 5.75 Å². The van der Waals surface area contributed by atoms with E-state index in [-0.39, 0.29) is 21.5 Å². The van der Waals surface area contributed by atoms with Crippen LogP contribution < -0.4 is 30.9 Å². The number of fused-ring (bicyclic) bond motifs is 1. The summed E-state index contributed by atoms with van der Waals surface area (Å²) in [4.78, 5) is 35.3. The predicted octanol–water partition coefficient (Wildman–Crippen LogP) is 0.598. The molecule has 30 heavy (non-hydrogen) atoms. The van der Waals surface area contributed by atoms with Crippen molar-refractivity contribution >= 4 is 51.8 Å². The summed E-state index contributed by atoms with van der Waals surface area (Å²) in [6.45, 7) is 3.85. The molecular formula is C20H12ClN2O6S-. The molecule has 0 saturated carbocycles. The number of ether oxygens (including phenoxy) is 1. The quantitative estimate of drug-likeness (QED) is 0.493. The van der Waals surface area contributed by atoms with E-state index in [0.717, 1.165) is 16.0 Å². The maximum Gasteiger partial charge on any atom is 0.396 e. The molecule has 4 aromatic rings. The molecule has 8 nitrogen and oxygen atoms in total. The van der Waals surface area contributed by atoms with E-state index in [1.165, 1.54) is 25.3 Å². The van der Waals surface area contributed by atoms with Crippen molar-refractivity contribution in [3.8, 4) is 11.4 Å². The number of aromatic nitrogens is 2. The summed E-state index contributed by atoms with van der Waals surface area (Å²) in [6, 6.07) is 7.41. The van der Waals surface area contributed by atoms with Crippen molar-refractivity contribution in [1.29, 1.82) is 0 Å². The molecule has 0 radical (unpaired) electrons. The second-order valence-corrected chi connectivity index (χ2v) is 7.63. The average molecular weight is 444 g/mol. The number of nitrogens with zero attached hydrogens (tertiary/aromatic N) is 1. The van der Waals surface area contributed by atoms with E-state index in [4.69, 9.17) is 20.8 Å². The molecule has 0 atom stereocenters. The lowest BCUT2D eigenvalue weighted by Gasteiger charge is -2.08. The maximum atomic E-state index is 13.0. The number of aromatic amines is 1. The molecule has 0 fully saturated rings. The standard InChI is InChI=1S/C20H13ClN2O6S/c1-9-12(5-10-6-15(28-2)17-16(7-10)30-20(27)29-17)18(24)23(22-9)11-3-4-14(21)13(8-11)19(25)26/h3-8,22H,1H2,2H3,(H,25,26)/p-1/b12-5-. The molecule has 0 amide bonds. The van der Waals surface area contributed by atoms with Gasteiger partial charge < -0.3 is 19.1 Å². The molecule has 0 aliphatic heterocycles. The largest absolute Gasteiger partial charge is 0.545 e. The first-order chi connectivity index (χ1) is 14.3. The molecule has 0 unspecified atom stereocenters. The van der Waals surface area contributed by atoms with Gasteiger partial charge in [-0.3, -0.25) is 9.89 Å². The average Bonchev–Trinajstić information content (AvgIpc) is 3.21. The zero-order valence-electron chi connectivity index (χ0n) is 15.4. The van der Waals surface area contributed by atoms with E-state index < -0.39 is 16.5 Å². The lowest BCUT2D eigenvalue weighted by atomic mass is 10.1. The van der Waals surface area contributed by atoms with Gasteiger partial charge in [-0.05, 0) is 42.0 Å². The zero-order valence-corrected chi connectivity index (χ0v) is 16.9. The maximum absolute atomic E-state index is 13.0. The third-order valence-corrected chi connectivity index (χ3v) is 5.49. The lowest BCUT2D eigenvalue weighted by Crippen LogP contribution is -2.34. The normalized spacial score (nSPS) is 11.9. The monoisotopic (exact) mass is 443 g/mol. The van der Waals surface area contributed by atoms with E-state index in [0.29, 0.717) is 26.9 Å². The number of H-pyrrole nitrogens is 1. The van der Waals surface area contributed by atoms with Crippen LogP contribution in [0.2, 0.25) is 5.02 Å². The summed E-state index contributed by atoms with van der Waals surface area (Å²) in [5.74, 6) is -1.10. The smallest absolute Gasteiger partial charge is 0.396 e. The Labute approximate surface area is 176 Å². The first-order valence-corrected chi connectivity index (χ1v) is 9.62. The molecule has 0 spiro atoms. The Morgan fingerprint density at radius 2 is 2.10 bits per heavy atom. The summed E-state index contributed by atoms with van der Waals surface area (Å²) in [5.41, 5.74) is 0.496. The second kappa shape index (κ2) is 7.36. The van der Waals surface area contributed by atoms with E-state index in [9.17, 15) is 19.5 Å². The van der Waals surface area contributed by atoms with Gasteiger partial charge in [0, 0.05) is 10.6 Å². The van der Waals surface area contributed by atoms with Crippen molar-refractivity contribution in [2.45, 2.75) is 0 Å². The number of carboxylic acid groups (broad SMARTS) is 1. The highest BCUT2D eigenvalue weighted by Gasteiger charge is 2.12. The molecule has 152 valence electrons. The fraction of sp³-hybridized carbons (Fsp3) is 0.0500. The van der Waals surface area contributed by atoms with Crippen LogP contribution in [0.25, 0.3) is 28.6 Å². The number of carboxylic acids is 1. The number of halogens is 1. The molecule has 0 aliphatic carbocycles. The van der Waals surface area contributed by atoms with Crippen LogP contribution >= 0.6 is 22.9 Å². The molecule has 2 aromatic carbocycles. The number of carbonyl (C=O) groups excluding carboxylic acids is 1. The highest BCUT2D eigenvalue weighted by atomic mass is 35.5. The Kier molecular flexibility index (Phi) is 4.84. The lowest BCUT2D eigenvalue weighted by molar-refractivity contribution is -0.255. The van der Waals surface area contributed by atoms with Crippen LogP contribution in [-0.4, -0.2) is 22.9 Å². The highest BCUT2D eigenvalue weighted by molar-refractivity contribution is 7.16. The number of hydrogen-bond acceptors (Lipinski definition) is 7. The number of benzene rings is 2. The topological polar surface area (TPSA) is 117 Å². The van der Waals surface area contributed by atoms with Gasteiger partial charge in [0.15, 0.2) is 11.3 Å². The van der Waals surface area contributed by atoms with Gasteiger partial charge >= 0.3 is 4.94 Å². The van der Waals surface area contributed by atoms with Crippen molar-refractivity contribution in [3.05, 3.63) is 77.1 Å². The van der Waals surface area contributed by atoms with Crippen molar-refractivity contribution in [1.82, 2.24) is 9.78 Å². The predicted molar refractivity (Wildman–Crippen MR) is 111 cm³/mol. The number of hydrogen-bond donors (Lipinski definition) is 1. The van der Waals surface area contributed by atoms with Crippen LogP contribution in [0.15, 0.2) is 44.3 Å². The Morgan fingerprint density at radius 1 is 1.33 bits per heavy atom. The first-order valence-electron chi connectivity index (χ1n) is 8.43. The van der Waals surface area contributed by atoms with E-state index >= 15 is 0 Å². The Morgan fingerprint density at radius 3 is 2.80 bits per heavy atom. The number of aromatic carboxylic acids is 1. The number of carbonyl (C=O) groups is 1. The molecule has 1 N–H and O–H groups in total. The summed E-state index contributed by atoms with van der Waals surface area (Å²) >= 11 is 6.78. The van der Waals surface area contributed by atoms with Gasteiger partial charge in [0.2, 0.25) is 0 Å². The van der Waals surface area contributed by atoms with Gasteiger partial charge in [-0.1, -0.05) is 29.5 Å². The van der Waals surface area contributed by atoms with Crippen LogP contribution in [0.4, 0.5) is 0 Å². The third kappa shape index (κ3) is 3.34. The van der Waals surface area contributed by atoms with Gasteiger partial charge in [0.05, 0.1) is 34.0 Å². The molecule has 0 bridgehead atoms. The minimum absolute atomic E-state index is 0.000472. The minimum atomic E-state index is -1.46. The van der Waals surface area contributed by atoms with Crippen LogP contribution in [0.1, 0.15) is 15.9 Å². The van der Waals surface area contributed by atoms with E-state index in [2.05, 4.69) is 11.7 Å². The van der Waals surface area contributed by atoms with Gasteiger partial charge in [0.25, 0.3) is 5.56 Å². The molecular weight excluding hydrogens is 432 g/mol. The van der Waals surface area contributed by atoms with Gasteiger partial charge in [-0.2, -0.15) is 0 Å². The third-order valence-electron chi connectivity index (χ3n) is 4.39.